The Morgan fingerprint density at radius 1 is 0.769 bits per heavy atom. The van der Waals surface area contributed by atoms with Crippen LogP contribution in [0, 0.1) is 17.8 Å². The van der Waals surface area contributed by atoms with Crippen LogP contribution in [0.1, 0.15) is 93.7 Å². The zero-order chi connectivity index (χ0) is 35.0. The first-order chi connectivity index (χ1) is 25.6. The minimum atomic E-state index is 0.336. The minimum absolute atomic E-state index is 0.336. The van der Waals surface area contributed by atoms with E-state index in [0.29, 0.717) is 35.6 Å². The van der Waals surface area contributed by atoms with Gasteiger partial charge in [0.2, 0.25) is 0 Å². The van der Waals surface area contributed by atoms with Crippen molar-refractivity contribution in [2.45, 2.75) is 83.1 Å². The number of anilines is 3. The van der Waals surface area contributed by atoms with E-state index in [4.69, 9.17) is 0 Å². The molecular formula is C50H52N2. The molecular weight excluding hydrogens is 629 g/mol. The number of nitrogens with zero attached hydrogens (tertiary/aromatic N) is 2. The highest BCUT2D eigenvalue weighted by atomic mass is 15.2. The summed E-state index contributed by atoms with van der Waals surface area (Å²) in [6, 6.07) is 28.2. The Labute approximate surface area is 311 Å². The summed E-state index contributed by atoms with van der Waals surface area (Å²) in [4.78, 5) is 5.20. The second-order valence-electron chi connectivity index (χ2n) is 16.0. The van der Waals surface area contributed by atoms with E-state index in [2.05, 4.69) is 169 Å². The third-order valence-electron chi connectivity index (χ3n) is 12.6. The molecule has 3 aromatic carbocycles. The van der Waals surface area contributed by atoms with Crippen molar-refractivity contribution in [3.63, 3.8) is 0 Å². The molecule has 0 radical (unpaired) electrons. The van der Waals surface area contributed by atoms with Crippen molar-refractivity contribution in [3.8, 4) is 0 Å². The molecule has 6 aliphatic rings. The minimum Gasteiger partial charge on any atom is -0.337 e. The van der Waals surface area contributed by atoms with E-state index >= 15 is 0 Å². The summed E-state index contributed by atoms with van der Waals surface area (Å²) in [7, 11) is 0. The number of rotatable bonds is 7. The molecule has 2 heteroatoms. The summed E-state index contributed by atoms with van der Waals surface area (Å²) in [5.41, 5.74) is 14.0. The monoisotopic (exact) mass is 680 g/mol. The second-order valence-corrected chi connectivity index (χ2v) is 16.0. The third-order valence-corrected chi connectivity index (χ3v) is 12.6. The molecule has 3 aromatic rings. The average molecular weight is 681 g/mol. The van der Waals surface area contributed by atoms with Crippen molar-refractivity contribution < 1.29 is 0 Å². The van der Waals surface area contributed by atoms with Gasteiger partial charge in [0.05, 0.1) is 6.04 Å². The Bertz CT molecular complexity index is 2050. The smallest absolute Gasteiger partial charge is 0.0522 e. The molecule has 5 aliphatic carbocycles. The Morgan fingerprint density at radius 3 is 2.38 bits per heavy atom. The van der Waals surface area contributed by atoms with Gasteiger partial charge in [-0.05, 0) is 128 Å². The van der Waals surface area contributed by atoms with Gasteiger partial charge in [-0.1, -0.05) is 129 Å². The van der Waals surface area contributed by atoms with Gasteiger partial charge in [-0.25, -0.2) is 0 Å². The molecule has 262 valence electrons. The number of benzene rings is 3. The molecule has 1 aliphatic heterocycles. The number of allylic oxidation sites excluding steroid dienone is 14. The predicted octanol–water partition coefficient (Wildman–Crippen LogP) is 13.3. The molecule has 1 heterocycles. The van der Waals surface area contributed by atoms with Crippen LogP contribution in [0.15, 0.2) is 163 Å². The van der Waals surface area contributed by atoms with E-state index in [1.165, 1.54) is 76.4 Å². The quantitative estimate of drug-likeness (QED) is 0.229. The maximum Gasteiger partial charge on any atom is 0.0522 e. The average Bonchev–Trinajstić information content (AvgIpc) is 3.53. The lowest BCUT2D eigenvalue weighted by Crippen LogP contribution is -2.36. The first kappa shape index (κ1) is 33.0. The maximum atomic E-state index is 2.69. The van der Waals surface area contributed by atoms with Gasteiger partial charge in [0, 0.05) is 40.3 Å². The van der Waals surface area contributed by atoms with Gasteiger partial charge in [0.15, 0.2) is 0 Å². The van der Waals surface area contributed by atoms with Gasteiger partial charge in [-0.15, -0.1) is 0 Å². The van der Waals surface area contributed by atoms with E-state index in [9.17, 15) is 0 Å². The van der Waals surface area contributed by atoms with Crippen molar-refractivity contribution in [2.75, 3.05) is 9.80 Å². The molecule has 2 nitrogen and oxygen atoms in total. The lowest BCUT2D eigenvalue weighted by atomic mass is 9.78. The van der Waals surface area contributed by atoms with Crippen LogP contribution in [0.4, 0.5) is 17.1 Å². The van der Waals surface area contributed by atoms with E-state index in [1.807, 2.05) is 0 Å². The molecule has 0 N–H and O–H groups in total. The molecule has 6 atom stereocenters. The predicted molar refractivity (Wildman–Crippen MR) is 221 cm³/mol. The van der Waals surface area contributed by atoms with E-state index in [1.54, 1.807) is 5.57 Å². The van der Waals surface area contributed by atoms with Crippen molar-refractivity contribution in [3.05, 3.63) is 179 Å². The van der Waals surface area contributed by atoms with Crippen LogP contribution in [-0.4, -0.2) is 6.04 Å². The van der Waals surface area contributed by atoms with Crippen LogP contribution in [0.5, 0.6) is 0 Å². The highest BCUT2D eigenvalue weighted by Crippen LogP contribution is 2.52. The molecule has 0 amide bonds. The Balaban J connectivity index is 1.05. The zero-order valence-corrected chi connectivity index (χ0v) is 30.9. The van der Waals surface area contributed by atoms with E-state index in [-0.39, 0.29) is 0 Å². The molecule has 0 aromatic heterocycles. The zero-order valence-electron chi connectivity index (χ0n) is 30.9. The Morgan fingerprint density at radius 2 is 1.62 bits per heavy atom. The van der Waals surface area contributed by atoms with Gasteiger partial charge in [0.25, 0.3) is 0 Å². The Kier molecular flexibility index (Phi) is 9.09. The highest BCUT2D eigenvalue weighted by Gasteiger charge is 2.39. The number of fused-ring (bicyclic) bond motifs is 3. The van der Waals surface area contributed by atoms with Crippen molar-refractivity contribution in [1.29, 1.82) is 0 Å². The Hall–Kier alpha value is -4.82. The summed E-state index contributed by atoms with van der Waals surface area (Å²) in [5.74, 6) is 2.66. The summed E-state index contributed by atoms with van der Waals surface area (Å²) in [5, 5.41) is 0. The number of hydrogen-bond acceptors (Lipinski definition) is 2. The largest absolute Gasteiger partial charge is 0.337 e. The van der Waals surface area contributed by atoms with Crippen LogP contribution in [0.25, 0.3) is 5.57 Å². The van der Waals surface area contributed by atoms with Gasteiger partial charge in [0.1, 0.15) is 0 Å². The molecule has 0 saturated heterocycles. The van der Waals surface area contributed by atoms with Gasteiger partial charge in [-0.2, -0.15) is 0 Å². The van der Waals surface area contributed by atoms with Gasteiger partial charge in [-0.3, -0.25) is 0 Å². The van der Waals surface area contributed by atoms with Crippen molar-refractivity contribution >= 4 is 22.6 Å². The third kappa shape index (κ3) is 6.31. The SMILES string of the molecule is CC1C=C(N(c2ccc(C3=CCC(C4=CC=CCC4)CC3)cc2)c2ccc3c(c2)N(C2C=CC(c4ccccc4)C(C)C2)C2=CC=CCC23)C=CC1. The maximum absolute atomic E-state index is 2.69. The summed E-state index contributed by atoms with van der Waals surface area (Å²) in [6.45, 7) is 4.78. The van der Waals surface area contributed by atoms with Crippen LogP contribution in [0.3, 0.4) is 0 Å². The van der Waals surface area contributed by atoms with Gasteiger partial charge >= 0.3 is 0 Å². The molecule has 6 unspecified atom stereocenters. The summed E-state index contributed by atoms with van der Waals surface area (Å²) < 4.78 is 0. The summed E-state index contributed by atoms with van der Waals surface area (Å²) >= 11 is 0. The van der Waals surface area contributed by atoms with Crippen LogP contribution >= 0.6 is 0 Å². The van der Waals surface area contributed by atoms with Crippen molar-refractivity contribution in [2.24, 2.45) is 17.8 Å². The van der Waals surface area contributed by atoms with Crippen LogP contribution in [-0.2, 0) is 0 Å². The summed E-state index contributed by atoms with van der Waals surface area (Å²) in [6.07, 6.45) is 37.9. The molecule has 0 fully saturated rings. The lowest BCUT2D eigenvalue weighted by molar-refractivity contribution is 0.431. The molecule has 52 heavy (non-hydrogen) atoms. The van der Waals surface area contributed by atoms with Gasteiger partial charge < -0.3 is 9.80 Å². The molecule has 9 rings (SSSR count). The fourth-order valence-electron chi connectivity index (χ4n) is 9.82. The molecule has 0 bridgehead atoms. The first-order valence-electron chi connectivity index (χ1n) is 20.0. The van der Waals surface area contributed by atoms with Crippen molar-refractivity contribution in [1.82, 2.24) is 0 Å². The molecule has 0 saturated carbocycles. The lowest BCUT2D eigenvalue weighted by Gasteiger charge is -2.38. The fraction of sp³-hybridized carbons (Fsp3) is 0.320. The van der Waals surface area contributed by atoms with Crippen LogP contribution < -0.4 is 9.80 Å². The topological polar surface area (TPSA) is 6.48 Å². The standard InChI is InChI=1S/C50H52N2/c1-35-12-11-17-43(32-35)51(42-26-24-40(25-27-42)39-22-20-38(21-23-39)37-13-5-3-6-14-37)45-29-31-48-47-18-9-10-19-49(47)52(50(48)34-45)44-28-30-46(36(2)33-44)41-15-7-4-8-16-41/h3-5,7-11,13,15-17,19,22,24-32,34-36,38,44,46-47H,6,12,14,18,20-21,23,33H2,1-2H3. The van der Waals surface area contributed by atoms with E-state index in [0.717, 1.165) is 25.7 Å². The second kappa shape index (κ2) is 14.3. The highest BCUT2D eigenvalue weighted by molar-refractivity contribution is 5.80. The van der Waals surface area contributed by atoms with E-state index < -0.39 is 0 Å². The van der Waals surface area contributed by atoms with Crippen LogP contribution in [0.2, 0.25) is 0 Å². The number of hydrogen-bond donors (Lipinski definition) is 0. The normalized spacial score (nSPS) is 27.7. The molecule has 0 spiro atoms. The fourth-order valence-corrected chi connectivity index (χ4v) is 9.82. The first-order valence-corrected chi connectivity index (χ1v) is 20.0.